The van der Waals surface area contributed by atoms with Crippen molar-refractivity contribution in [3.8, 4) is 0 Å². The van der Waals surface area contributed by atoms with Crippen molar-refractivity contribution in [2.24, 2.45) is 0 Å². The summed E-state index contributed by atoms with van der Waals surface area (Å²) in [6.07, 6.45) is 0. The molecule has 0 spiro atoms. The predicted molar refractivity (Wildman–Crippen MR) is 127 cm³/mol. The number of nitrogens with zero attached hydrogens (tertiary/aromatic N) is 1. The molecule has 0 radical (unpaired) electrons. The Morgan fingerprint density at radius 1 is 0.781 bits per heavy atom. The molecule has 0 bridgehead atoms. The lowest BCUT2D eigenvalue weighted by molar-refractivity contribution is -0.121. The number of carbonyl (C=O) groups excluding carboxylic acids is 1. The van der Waals surface area contributed by atoms with Gasteiger partial charge in [-0.25, -0.2) is 8.42 Å². The van der Waals surface area contributed by atoms with Crippen molar-refractivity contribution in [1.29, 1.82) is 0 Å². The Bertz CT molecular complexity index is 1280. The van der Waals surface area contributed by atoms with Crippen molar-refractivity contribution >= 4 is 26.7 Å². The van der Waals surface area contributed by atoms with Crippen LogP contribution in [0.3, 0.4) is 0 Å². The Labute approximate surface area is 188 Å². The van der Waals surface area contributed by atoms with E-state index in [4.69, 9.17) is 0 Å². The zero-order valence-electron chi connectivity index (χ0n) is 17.7. The van der Waals surface area contributed by atoms with Crippen LogP contribution in [0.4, 0.5) is 0 Å². The first-order chi connectivity index (χ1) is 15.4. The first-order valence-corrected chi connectivity index (χ1v) is 11.7. The molecule has 0 aliphatic heterocycles. The van der Waals surface area contributed by atoms with E-state index >= 15 is 0 Å². The average molecular weight is 445 g/mol. The van der Waals surface area contributed by atoms with E-state index in [2.05, 4.69) is 5.32 Å². The van der Waals surface area contributed by atoms with E-state index in [0.29, 0.717) is 0 Å². The van der Waals surface area contributed by atoms with Crippen LogP contribution in [0.2, 0.25) is 0 Å². The Balaban J connectivity index is 1.53. The minimum Gasteiger partial charge on any atom is -0.344 e. The fraction of sp³-hybridized carbons (Fsp3) is 0.115. The maximum atomic E-state index is 13.1. The van der Waals surface area contributed by atoms with Crippen LogP contribution in [0.1, 0.15) is 17.2 Å². The SMILES string of the molecule is CN(CC(=O)NC(c1ccccc1)c1ccccc1)S(=O)(=O)c1ccc2ccccc2c1. The van der Waals surface area contributed by atoms with E-state index in [-0.39, 0.29) is 23.4 Å². The second-order valence-corrected chi connectivity index (χ2v) is 9.64. The van der Waals surface area contributed by atoms with E-state index in [1.807, 2.05) is 84.9 Å². The third kappa shape index (κ3) is 4.72. The summed E-state index contributed by atoms with van der Waals surface area (Å²) in [6, 6.07) is 31.4. The maximum Gasteiger partial charge on any atom is 0.243 e. The summed E-state index contributed by atoms with van der Waals surface area (Å²) in [5.41, 5.74) is 1.85. The Kier molecular flexibility index (Phi) is 6.35. The molecule has 6 heteroatoms. The number of rotatable bonds is 7. The van der Waals surface area contributed by atoms with E-state index in [9.17, 15) is 13.2 Å². The molecular weight excluding hydrogens is 420 g/mol. The number of sulfonamides is 1. The highest BCUT2D eigenvalue weighted by atomic mass is 32.2. The highest BCUT2D eigenvalue weighted by Gasteiger charge is 2.25. The van der Waals surface area contributed by atoms with Crippen LogP contribution in [-0.4, -0.2) is 32.2 Å². The van der Waals surface area contributed by atoms with Crippen LogP contribution >= 0.6 is 0 Å². The van der Waals surface area contributed by atoms with Crippen LogP contribution in [0.5, 0.6) is 0 Å². The van der Waals surface area contributed by atoms with Crippen molar-refractivity contribution in [2.75, 3.05) is 13.6 Å². The number of nitrogens with one attached hydrogen (secondary N) is 1. The molecule has 4 rings (SSSR count). The van der Waals surface area contributed by atoms with Crippen LogP contribution in [0.15, 0.2) is 108 Å². The summed E-state index contributed by atoms with van der Waals surface area (Å²) >= 11 is 0. The maximum absolute atomic E-state index is 13.1. The van der Waals surface area contributed by atoms with E-state index < -0.39 is 10.0 Å². The quantitative estimate of drug-likeness (QED) is 0.460. The van der Waals surface area contributed by atoms with Gasteiger partial charge >= 0.3 is 0 Å². The summed E-state index contributed by atoms with van der Waals surface area (Å²) in [6.45, 7) is -0.286. The highest BCUT2D eigenvalue weighted by Crippen LogP contribution is 2.23. The molecule has 1 N–H and O–H groups in total. The fourth-order valence-electron chi connectivity index (χ4n) is 3.65. The van der Waals surface area contributed by atoms with Gasteiger partial charge in [-0.2, -0.15) is 4.31 Å². The zero-order valence-corrected chi connectivity index (χ0v) is 18.5. The minimum atomic E-state index is -3.82. The second kappa shape index (κ2) is 9.34. The molecule has 0 heterocycles. The van der Waals surface area contributed by atoms with Crippen molar-refractivity contribution in [3.05, 3.63) is 114 Å². The lowest BCUT2D eigenvalue weighted by Gasteiger charge is -2.22. The zero-order chi connectivity index (χ0) is 22.6. The minimum absolute atomic E-state index is 0.161. The first-order valence-electron chi connectivity index (χ1n) is 10.3. The molecule has 0 unspecified atom stereocenters. The summed E-state index contributed by atoms with van der Waals surface area (Å²) in [4.78, 5) is 13.0. The molecule has 0 saturated heterocycles. The number of hydrogen-bond donors (Lipinski definition) is 1. The van der Waals surface area contributed by atoms with Crippen molar-refractivity contribution in [3.63, 3.8) is 0 Å². The van der Waals surface area contributed by atoms with E-state index in [1.54, 1.807) is 18.2 Å². The lowest BCUT2D eigenvalue weighted by atomic mass is 9.99. The normalized spacial score (nSPS) is 11.7. The number of benzene rings is 4. The van der Waals surface area contributed by atoms with E-state index in [0.717, 1.165) is 26.2 Å². The van der Waals surface area contributed by atoms with Crippen LogP contribution in [-0.2, 0) is 14.8 Å². The second-order valence-electron chi connectivity index (χ2n) is 7.59. The van der Waals surface area contributed by atoms with Gasteiger partial charge in [-0.15, -0.1) is 0 Å². The van der Waals surface area contributed by atoms with Crippen molar-refractivity contribution in [1.82, 2.24) is 9.62 Å². The Morgan fingerprint density at radius 2 is 1.31 bits per heavy atom. The topological polar surface area (TPSA) is 66.5 Å². The molecule has 32 heavy (non-hydrogen) atoms. The van der Waals surface area contributed by atoms with Crippen LogP contribution in [0.25, 0.3) is 10.8 Å². The summed E-state index contributed by atoms with van der Waals surface area (Å²) < 4.78 is 27.2. The lowest BCUT2D eigenvalue weighted by Crippen LogP contribution is -2.40. The molecular formula is C26H24N2O3S. The molecule has 0 fully saturated rings. The smallest absolute Gasteiger partial charge is 0.243 e. The third-order valence-electron chi connectivity index (χ3n) is 5.37. The standard InChI is InChI=1S/C26H24N2O3S/c1-28(32(30,31)24-17-16-20-10-8-9-15-23(20)18-24)19-25(29)27-26(21-11-4-2-5-12-21)22-13-6-3-7-14-22/h2-18,26H,19H2,1H3,(H,27,29). The fourth-order valence-corrected chi connectivity index (χ4v) is 4.81. The van der Waals surface area contributed by atoms with E-state index in [1.165, 1.54) is 7.05 Å². The molecule has 0 aliphatic carbocycles. The number of carbonyl (C=O) groups is 1. The van der Waals surface area contributed by atoms with Gasteiger partial charge in [0.25, 0.3) is 0 Å². The largest absolute Gasteiger partial charge is 0.344 e. The first kappa shape index (κ1) is 21.7. The van der Waals surface area contributed by atoms with Crippen molar-refractivity contribution < 1.29 is 13.2 Å². The van der Waals surface area contributed by atoms with Crippen molar-refractivity contribution in [2.45, 2.75) is 10.9 Å². The number of hydrogen-bond acceptors (Lipinski definition) is 3. The average Bonchev–Trinajstić information content (AvgIpc) is 2.83. The van der Waals surface area contributed by atoms with Gasteiger partial charge in [-0.3, -0.25) is 4.79 Å². The summed E-state index contributed by atoms with van der Waals surface area (Å²) in [7, 11) is -2.40. The Morgan fingerprint density at radius 3 is 1.91 bits per heavy atom. The van der Waals surface area contributed by atoms with Gasteiger partial charge < -0.3 is 5.32 Å². The molecule has 0 saturated carbocycles. The number of fused-ring (bicyclic) bond motifs is 1. The van der Waals surface area contributed by atoms with Gasteiger partial charge in [-0.05, 0) is 34.0 Å². The molecule has 1 amide bonds. The van der Waals surface area contributed by atoms with Gasteiger partial charge in [0.05, 0.1) is 17.5 Å². The molecule has 0 atom stereocenters. The molecule has 4 aromatic rings. The van der Waals surface area contributed by atoms with Gasteiger partial charge in [0.1, 0.15) is 0 Å². The molecule has 0 aromatic heterocycles. The highest BCUT2D eigenvalue weighted by molar-refractivity contribution is 7.89. The van der Waals surface area contributed by atoms with Gasteiger partial charge in [0, 0.05) is 7.05 Å². The monoisotopic (exact) mass is 444 g/mol. The molecule has 162 valence electrons. The third-order valence-corrected chi connectivity index (χ3v) is 7.17. The Hall–Kier alpha value is -3.48. The van der Waals surface area contributed by atoms with Crippen LogP contribution in [0, 0.1) is 0 Å². The van der Waals surface area contributed by atoms with Gasteiger partial charge in [-0.1, -0.05) is 91.0 Å². The predicted octanol–water partition coefficient (Wildman–Crippen LogP) is 4.37. The molecule has 0 aliphatic rings. The van der Waals surface area contributed by atoms with Gasteiger partial charge in [0.15, 0.2) is 0 Å². The summed E-state index contributed by atoms with van der Waals surface area (Å²) in [5, 5.41) is 4.78. The molecule has 5 nitrogen and oxygen atoms in total. The number of likely N-dealkylation sites (N-methyl/N-ethyl adjacent to an activating group) is 1. The van der Waals surface area contributed by atoms with Crippen LogP contribution < -0.4 is 5.32 Å². The van der Waals surface area contributed by atoms with Gasteiger partial charge in [0.2, 0.25) is 15.9 Å². The summed E-state index contributed by atoms with van der Waals surface area (Å²) in [5.74, 6) is -0.380. The molecule has 4 aromatic carbocycles. The number of amides is 1.